The lowest BCUT2D eigenvalue weighted by atomic mass is 10.0. The van der Waals surface area contributed by atoms with Gasteiger partial charge in [0.25, 0.3) is 0 Å². The molecule has 0 saturated heterocycles. The molecule has 4 nitrogen and oxygen atoms in total. The van der Waals surface area contributed by atoms with E-state index in [-0.39, 0.29) is 5.57 Å². The summed E-state index contributed by atoms with van der Waals surface area (Å²) in [6.45, 7) is 4.47. The first-order chi connectivity index (χ1) is 23.5. The van der Waals surface area contributed by atoms with E-state index >= 15 is 0 Å². The summed E-state index contributed by atoms with van der Waals surface area (Å²) in [5.74, 6) is -1.19. The topological polar surface area (TPSA) is 66.0 Å². The molecule has 6 aromatic rings. The lowest BCUT2D eigenvalue weighted by Crippen LogP contribution is -1.96. The summed E-state index contributed by atoms with van der Waals surface area (Å²) < 4.78 is 2.36. The van der Waals surface area contributed by atoms with Gasteiger partial charge in [0.05, 0.1) is 11.0 Å². The molecule has 3 aromatic carbocycles. The second-order valence-electron chi connectivity index (χ2n) is 12.5. The summed E-state index contributed by atoms with van der Waals surface area (Å²) in [5, 5.41) is 21.5. The molecule has 6 rings (SSSR count). The summed E-state index contributed by atoms with van der Waals surface area (Å²) in [5.41, 5.74) is 7.18. The van der Waals surface area contributed by atoms with E-state index in [1.54, 1.807) is 11.3 Å². The molecule has 1 N–H and O–H groups in total. The zero-order valence-corrected chi connectivity index (χ0v) is 29.4. The van der Waals surface area contributed by atoms with Gasteiger partial charge in [0.15, 0.2) is 0 Å². The molecule has 6 heteroatoms. The van der Waals surface area contributed by atoms with Crippen molar-refractivity contribution in [2.75, 3.05) is 0 Å². The Hall–Kier alpha value is -4.44. The summed E-state index contributed by atoms with van der Waals surface area (Å²) in [4.78, 5) is 16.2. The van der Waals surface area contributed by atoms with Crippen molar-refractivity contribution in [2.45, 2.75) is 78.1 Å². The normalized spacial score (nSPS) is 11.8. The van der Waals surface area contributed by atoms with Crippen LogP contribution < -0.4 is 0 Å². The molecule has 0 unspecified atom stereocenters. The largest absolute Gasteiger partial charge is 0.477 e. The fraction of sp³-hybridized carbons (Fsp3) is 0.286. The maximum Gasteiger partial charge on any atom is 0.346 e. The van der Waals surface area contributed by atoms with Crippen molar-refractivity contribution in [2.24, 2.45) is 0 Å². The number of carboxylic acids is 1. The fourth-order valence-electron chi connectivity index (χ4n) is 6.62. The number of fused-ring (bicyclic) bond motifs is 3. The van der Waals surface area contributed by atoms with E-state index in [1.807, 2.05) is 17.4 Å². The van der Waals surface area contributed by atoms with Crippen LogP contribution in [0.1, 0.15) is 81.2 Å². The predicted octanol–water partition coefficient (Wildman–Crippen LogP) is 12.5. The van der Waals surface area contributed by atoms with Crippen LogP contribution in [-0.4, -0.2) is 15.6 Å². The highest BCUT2D eigenvalue weighted by molar-refractivity contribution is 7.24. The number of nitriles is 1. The molecule has 0 aliphatic heterocycles. The number of unbranched alkanes of at least 4 members (excludes halogenated alkanes) is 6. The minimum Gasteiger partial charge on any atom is -0.477 e. The Kier molecular flexibility index (Phi) is 10.9. The number of aromatic nitrogens is 1. The van der Waals surface area contributed by atoms with Crippen molar-refractivity contribution < 1.29 is 9.90 Å². The van der Waals surface area contributed by atoms with Gasteiger partial charge in [0.2, 0.25) is 0 Å². The summed E-state index contributed by atoms with van der Waals surface area (Å²) in [6.07, 6.45) is 13.0. The first-order valence-corrected chi connectivity index (χ1v) is 18.9. The molecule has 0 aliphatic rings. The number of carbonyl (C=O) groups is 1. The number of para-hydroxylation sites is 2. The van der Waals surface area contributed by atoms with Crippen molar-refractivity contribution in [1.29, 1.82) is 5.26 Å². The average Bonchev–Trinajstić information content (AvgIpc) is 3.81. The standard InChI is InChI=1S/C42H42N2O2S2/c1-3-5-7-9-15-30-25-34(26-32(28-43)42(45)46)47-41(30)39-27-31(16-10-8-6-4-2)40(48-39)29-21-23-33(24-22-29)44-37-19-13-11-17-35(37)36-18-12-14-20-38(36)44/h11-14,17-27H,3-10,15-16H2,1-2H3,(H,45,46)/b32-26-. The predicted molar refractivity (Wildman–Crippen MR) is 204 cm³/mol. The monoisotopic (exact) mass is 670 g/mol. The van der Waals surface area contributed by atoms with Gasteiger partial charge in [0.1, 0.15) is 11.6 Å². The first-order valence-electron chi connectivity index (χ1n) is 17.2. The molecule has 3 heterocycles. The van der Waals surface area contributed by atoms with Gasteiger partial charge in [-0.15, -0.1) is 22.7 Å². The number of hydrogen-bond acceptors (Lipinski definition) is 4. The molecule has 0 atom stereocenters. The highest BCUT2D eigenvalue weighted by Crippen LogP contribution is 2.44. The highest BCUT2D eigenvalue weighted by Gasteiger charge is 2.19. The summed E-state index contributed by atoms with van der Waals surface area (Å²) >= 11 is 3.45. The van der Waals surface area contributed by atoms with E-state index in [4.69, 9.17) is 0 Å². The molecule has 0 amide bonds. The van der Waals surface area contributed by atoms with Gasteiger partial charge in [-0.25, -0.2) is 4.79 Å². The maximum atomic E-state index is 11.6. The van der Waals surface area contributed by atoms with Crippen LogP contribution in [0.2, 0.25) is 0 Å². The summed E-state index contributed by atoms with van der Waals surface area (Å²) in [7, 11) is 0. The zero-order valence-electron chi connectivity index (χ0n) is 27.8. The smallest absolute Gasteiger partial charge is 0.346 e. The van der Waals surface area contributed by atoms with Crippen molar-refractivity contribution >= 4 is 56.5 Å². The van der Waals surface area contributed by atoms with E-state index in [1.165, 1.54) is 97.7 Å². The van der Waals surface area contributed by atoms with Crippen LogP contribution in [-0.2, 0) is 17.6 Å². The third-order valence-corrected chi connectivity index (χ3v) is 11.6. The van der Waals surface area contributed by atoms with Crippen LogP contribution in [0.15, 0.2) is 90.5 Å². The lowest BCUT2D eigenvalue weighted by molar-refractivity contribution is -0.132. The van der Waals surface area contributed by atoms with Crippen LogP contribution in [0.5, 0.6) is 0 Å². The number of thiophene rings is 2. The number of nitrogens with zero attached hydrogens (tertiary/aromatic N) is 2. The minimum atomic E-state index is -1.19. The molecular formula is C42H42N2O2S2. The van der Waals surface area contributed by atoms with Crippen molar-refractivity contribution in [1.82, 2.24) is 4.57 Å². The van der Waals surface area contributed by atoms with E-state index in [9.17, 15) is 15.2 Å². The van der Waals surface area contributed by atoms with Gasteiger partial charge in [-0.2, -0.15) is 5.26 Å². The second-order valence-corrected chi connectivity index (χ2v) is 14.6. The lowest BCUT2D eigenvalue weighted by Gasteiger charge is -2.10. The van der Waals surface area contributed by atoms with Gasteiger partial charge < -0.3 is 9.67 Å². The van der Waals surface area contributed by atoms with Crippen molar-refractivity contribution in [3.8, 4) is 32.0 Å². The Bertz CT molecular complexity index is 2050. The Morgan fingerprint density at radius 3 is 1.90 bits per heavy atom. The minimum absolute atomic E-state index is 0.229. The zero-order chi connectivity index (χ0) is 33.5. The third-order valence-electron chi connectivity index (χ3n) is 9.07. The number of carboxylic acid groups (broad SMARTS) is 1. The molecule has 0 fully saturated rings. The number of aryl methyl sites for hydroxylation is 2. The Balaban J connectivity index is 1.40. The van der Waals surface area contributed by atoms with Crippen LogP contribution in [0.25, 0.3) is 53.8 Å². The molecule has 48 heavy (non-hydrogen) atoms. The summed E-state index contributed by atoms with van der Waals surface area (Å²) in [6, 6.07) is 32.6. The van der Waals surface area contributed by atoms with Crippen LogP contribution in [0.3, 0.4) is 0 Å². The Labute approximate surface area is 291 Å². The van der Waals surface area contributed by atoms with E-state index in [2.05, 4.69) is 103 Å². The number of rotatable bonds is 15. The quantitative estimate of drug-likeness (QED) is 0.0672. The molecule has 3 aromatic heterocycles. The molecule has 244 valence electrons. The van der Waals surface area contributed by atoms with Gasteiger partial charge in [0, 0.05) is 36.0 Å². The third kappa shape index (κ3) is 7.18. The molecule has 0 aliphatic carbocycles. The van der Waals surface area contributed by atoms with Crippen molar-refractivity contribution in [3.63, 3.8) is 0 Å². The second kappa shape index (κ2) is 15.6. The Morgan fingerprint density at radius 1 is 0.750 bits per heavy atom. The number of hydrogen-bond donors (Lipinski definition) is 1. The highest BCUT2D eigenvalue weighted by atomic mass is 32.1. The molecular weight excluding hydrogens is 629 g/mol. The molecule has 0 spiro atoms. The van der Waals surface area contributed by atoms with Crippen LogP contribution >= 0.6 is 22.7 Å². The SMILES string of the molecule is CCCCCCc1cc(-c2sc(/C=C(/C#N)C(=O)O)cc2CCCCCC)sc1-c1ccc(-n2c3ccccc3c3ccccc32)cc1. The van der Waals surface area contributed by atoms with E-state index in [0.717, 1.165) is 36.2 Å². The molecule has 0 radical (unpaired) electrons. The average molecular weight is 671 g/mol. The molecule has 0 bridgehead atoms. The van der Waals surface area contributed by atoms with E-state index < -0.39 is 5.97 Å². The van der Waals surface area contributed by atoms with Gasteiger partial charge in [-0.3, -0.25) is 0 Å². The van der Waals surface area contributed by atoms with Gasteiger partial charge >= 0.3 is 5.97 Å². The van der Waals surface area contributed by atoms with Gasteiger partial charge in [-0.05, 0) is 84.8 Å². The number of aliphatic carboxylic acids is 1. The maximum absolute atomic E-state index is 11.6. The van der Waals surface area contributed by atoms with Crippen molar-refractivity contribution in [3.05, 3.63) is 107 Å². The number of benzene rings is 3. The van der Waals surface area contributed by atoms with Gasteiger partial charge in [-0.1, -0.05) is 101 Å². The van der Waals surface area contributed by atoms with Crippen LogP contribution in [0, 0.1) is 11.3 Å². The van der Waals surface area contributed by atoms with Crippen LogP contribution in [0.4, 0.5) is 0 Å². The first kappa shape index (κ1) is 33.5. The Morgan fingerprint density at radius 2 is 1.33 bits per heavy atom. The van der Waals surface area contributed by atoms with E-state index in [0.29, 0.717) is 0 Å². The fourth-order valence-corrected chi connectivity index (χ4v) is 9.12. The molecule has 0 saturated carbocycles.